The average Bonchev–Trinajstić information content (AvgIpc) is 2.89. The van der Waals surface area contributed by atoms with Crippen LogP contribution in [-0.4, -0.2) is 40.2 Å². The number of fused-ring (bicyclic) bond motifs is 1. The van der Waals surface area contributed by atoms with E-state index in [1.165, 1.54) is 23.1 Å². The van der Waals surface area contributed by atoms with Crippen molar-refractivity contribution in [2.24, 2.45) is 0 Å². The van der Waals surface area contributed by atoms with Crippen LogP contribution >= 0.6 is 23.1 Å². The first-order chi connectivity index (χ1) is 11.9. The quantitative estimate of drug-likeness (QED) is 0.449. The number of rotatable bonds is 7. The Balaban J connectivity index is 2.30. The molecule has 2 aromatic rings. The number of esters is 1. The first kappa shape index (κ1) is 19.7. The van der Waals surface area contributed by atoms with Crippen molar-refractivity contribution in [1.82, 2.24) is 15.3 Å². The largest absolute Gasteiger partial charge is 0.462 e. The van der Waals surface area contributed by atoms with E-state index in [2.05, 4.69) is 15.3 Å². The number of thioether (sulfide) groups is 1. The normalized spacial score (nSPS) is 12.2. The number of hydrogen-bond acceptors (Lipinski definition) is 7. The highest BCUT2D eigenvalue weighted by Gasteiger charge is 2.21. The molecule has 0 aliphatic heterocycles. The number of aryl methyl sites for hydroxylation is 2. The summed E-state index contributed by atoms with van der Waals surface area (Å²) in [6, 6.07) is 0.151. The molecule has 1 N–H and O–H groups in total. The molecule has 0 saturated heterocycles. The van der Waals surface area contributed by atoms with Crippen molar-refractivity contribution in [3.63, 3.8) is 0 Å². The predicted molar refractivity (Wildman–Crippen MR) is 101 cm³/mol. The molecule has 0 aliphatic carbocycles. The van der Waals surface area contributed by atoms with Gasteiger partial charge in [0, 0.05) is 11.4 Å². The van der Waals surface area contributed by atoms with Gasteiger partial charge in [-0.25, -0.2) is 14.8 Å². The molecule has 0 unspecified atom stereocenters. The maximum absolute atomic E-state index is 12.1. The van der Waals surface area contributed by atoms with Crippen LogP contribution in [0, 0.1) is 13.8 Å². The van der Waals surface area contributed by atoms with Gasteiger partial charge in [0.15, 0.2) is 0 Å². The van der Waals surface area contributed by atoms with Crippen molar-refractivity contribution in [3.05, 3.63) is 16.3 Å². The Morgan fingerprint density at radius 2 is 2.00 bits per heavy atom. The average molecular weight is 382 g/mol. The zero-order chi connectivity index (χ0) is 18.6. The SMILES string of the molecule is CCOC(=O)c1sc2nc(C)nc(SCC(=O)N[C@@H](C)CC)c2c1C. The van der Waals surface area contributed by atoms with Crippen LogP contribution < -0.4 is 5.32 Å². The molecule has 0 radical (unpaired) electrons. The number of nitrogens with one attached hydrogen (secondary N) is 1. The van der Waals surface area contributed by atoms with Gasteiger partial charge in [-0.15, -0.1) is 11.3 Å². The fraction of sp³-hybridized carbons (Fsp3) is 0.529. The molecule has 2 aromatic heterocycles. The number of aromatic nitrogens is 2. The lowest BCUT2D eigenvalue weighted by Crippen LogP contribution is -2.33. The van der Waals surface area contributed by atoms with Crippen LogP contribution in [0.5, 0.6) is 0 Å². The van der Waals surface area contributed by atoms with E-state index in [0.717, 1.165) is 27.2 Å². The van der Waals surface area contributed by atoms with Crippen LogP contribution in [0.1, 0.15) is 48.3 Å². The van der Waals surface area contributed by atoms with Crippen LogP contribution in [-0.2, 0) is 9.53 Å². The molecule has 25 heavy (non-hydrogen) atoms. The molecule has 0 spiro atoms. The number of hydrogen-bond donors (Lipinski definition) is 1. The van der Waals surface area contributed by atoms with Gasteiger partial charge in [-0.2, -0.15) is 0 Å². The molecule has 2 rings (SSSR count). The number of carbonyl (C=O) groups is 2. The molecule has 6 nitrogen and oxygen atoms in total. The van der Waals surface area contributed by atoms with Crippen molar-refractivity contribution in [2.75, 3.05) is 12.4 Å². The predicted octanol–water partition coefficient (Wildman–Crippen LogP) is 3.49. The zero-order valence-electron chi connectivity index (χ0n) is 15.1. The summed E-state index contributed by atoms with van der Waals surface area (Å²) >= 11 is 2.68. The summed E-state index contributed by atoms with van der Waals surface area (Å²) < 4.78 is 5.12. The highest BCUT2D eigenvalue weighted by atomic mass is 32.2. The Labute approximate surface area is 155 Å². The van der Waals surface area contributed by atoms with E-state index in [9.17, 15) is 9.59 Å². The van der Waals surface area contributed by atoms with E-state index < -0.39 is 0 Å². The number of thiophene rings is 1. The van der Waals surface area contributed by atoms with Gasteiger partial charge in [0.2, 0.25) is 5.91 Å². The van der Waals surface area contributed by atoms with Crippen LogP contribution in [0.3, 0.4) is 0 Å². The monoisotopic (exact) mass is 381 g/mol. The van der Waals surface area contributed by atoms with Crippen LogP contribution in [0.15, 0.2) is 5.03 Å². The second-order valence-corrected chi connectivity index (χ2v) is 7.66. The molecular formula is C17H23N3O3S2. The molecule has 0 fully saturated rings. The van der Waals surface area contributed by atoms with E-state index in [4.69, 9.17) is 4.74 Å². The molecule has 1 amide bonds. The number of ether oxygens (including phenoxy) is 1. The van der Waals surface area contributed by atoms with Crippen LogP contribution in [0.2, 0.25) is 0 Å². The molecule has 0 saturated carbocycles. The third-order valence-corrected chi connectivity index (χ3v) is 5.83. The third kappa shape index (κ3) is 4.70. The Kier molecular flexibility index (Phi) is 6.78. The van der Waals surface area contributed by atoms with Gasteiger partial charge in [-0.05, 0) is 39.7 Å². The number of amides is 1. The fourth-order valence-corrected chi connectivity index (χ4v) is 4.38. The molecule has 0 aliphatic rings. The van der Waals surface area contributed by atoms with E-state index in [1.54, 1.807) is 6.92 Å². The highest BCUT2D eigenvalue weighted by molar-refractivity contribution is 8.00. The summed E-state index contributed by atoms with van der Waals surface area (Å²) in [5.74, 6) is 0.530. The second kappa shape index (κ2) is 8.62. The second-order valence-electron chi connectivity index (χ2n) is 5.70. The summed E-state index contributed by atoms with van der Waals surface area (Å²) in [4.78, 5) is 34.4. The highest BCUT2D eigenvalue weighted by Crippen LogP contribution is 2.35. The van der Waals surface area contributed by atoms with Crippen molar-refractivity contribution in [2.45, 2.75) is 52.1 Å². The van der Waals surface area contributed by atoms with E-state index >= 15 is 0 Å². The summed E-state index contributed by atoms with van der Waals surface area (Å²) in [5, 5.41) is 4.50. The van der Waals surface area contributed by atoms with Crippen LogP contribution in [0.25, 0.3) is 10.2 Å². The Bertz CT molecular complexity index is 789. The number of nitrogens with zero attached hydrogens (tertiary/aromatic N) is 2. The molecule has 0 bridgehead atoms. The first-order valence-electron chi connectivity index (χ1n) is 8.24. The summed E-state index contributed by atoms with van der Waals surface area (Å²) in [5.41, 5.74) is 0.809. The summed E-state index contributed by atoms with van der Waals surface area (Å²) in [6.07, 6.45) is 0.889. The van der Waals surface area contributed by atoms with Gasteiger partial charge in [0.25, 0.3) is 0 Å². The van der Waals surface area contributed by atoms with Crippen LogP contribution in [0.4, 0.5) is 0 Å². The minimum absolute atomic E-state index is 0.0257. The lowest BCUT2D eigenvalue weighted by atomic mass is 10.2. The van der Waals surface area contributed by atoms with Gasteiger partial charge >= 0.3 is 5.97 Å². The summed E-state index contributed by atoms with van der Waals surface area (Å²) in [7, 11) is 0. The van der Waals surface area contributed by atoms with Gasteiger partial charge in [-0.1, -0.05) is 18.7 Å². The van der Waals surface area contributed by atoms with Gasteiger partial charge in [0.1, 0.15) is 20.6 Å². The summed E-state index contributed by atoms with van der Waals surface area (Å²) in [6.45, 7) is 9.79. The molecule has 136 valence electrons. The van der Waals surface area contributed by atoms with Crippen molar-refractivity contribution in [1.29, 1.82) is 0 Å². The van der Waals surface area contributed by atoms with Gasteiger partial charge in [0.05, 0.1) is 12.4 Å². The zero-order valence-corrected chi connectivity index (χ0v) is 16.8. The molecule has 8 heteroatoms. The minimum atomic E-state index is -0.342. The van der Waals surface area contributed by atoms with E-state index in [-0.39, 0.29) is 23.7 Å². The van der Waals surface area contributed by atoms with E-state index in [1.807, 2.05) is 27.7 Å². The van der Waals surface area contributed by atoms with Crippen molar-refractivity contribution < 1.29 is 14.3 Å². The Morgan fingerprint density at radius 3 is 2.64 bits per heavy atom. The van der Waals surface area contributed by atoms with Gasteiger partial charge < -0.3 is 10.1 Å². The standard InChI is InChI=1S/C17H23N3O3S2/c1-6-9(3)18-12(21)8-24-15-13-10(4)14(17(22)23-7-2)25-16(13)20-11(5)19-15/h9H,6-8H2,1-5H3,(H,18,21)/t9-/m0/s1. The smallest absolute Gasteiger partial charge is 0.348 e. The number of carbonyl (C=O) groups excluding carboxylic acids is 2. The first-order valence-corrected chi connectivity index (χ1v) is 10.0. The van der Waals surface area contributed by atoms with Crippen molar-refractivity contribution in [3.8, 4) is 0 Å². The van der Waals surface area contributed by atoms with E-state index in [0.29, 0.717) is 17.3 Å². The maximum atomic E-state index is 12.1. The Hall–Kier alpha value is -1.67. The molecule has 0 aromatic carbocycles. The minimum Gasteiger partial charge on any atom is -0.462 e. The Morgan fingerprint density at radius 1 is 1.28 bits per heavy atom. The molecule has 2 heterocycles. The molecular weight excluding hydrogens is 358 g/mol. The lowest BCUT2D eigenvalue weighted by molar-refractivity contribution is -0.119. The van der Waals surface area contributed by atoms with Crippen molar-refractivity contribution >= 4 is 45.2 Å². The molecule has 1 atom stereocenters. The maximum Gasteiger partial charge on any atom is 0.348 e. The lowest BCUT2D eigenvalue weighted by Gasteiger charge is -2.11. The topological polar surface area (TPSA) is 81.2 Å². The fourth-order valence-electron chi connectivity index (χ4n) is 2.25. The van der Waals surface area contributed by atoms with Gasteiger partial charge in [-0.3, -0.25) is 4.79 Å². The third-order valence-electron chi connectivity index (χ3n) is 3.69.